The van der Waals surface area contributed by atoms with Crippen LogP contribution in [0.5, 0.6) is 0 Å². The van der Waals surface area contributed by atoms with Crippen LogP contribution in [0, 0.1) is 12.7 Å². The number of aromatic nitrogens is 3. The SMILES string of the molecule is Cc1nc(N2CCN(c3ccccn3)CC2)nc2c1C(=O)C[C@@H](c1ccccc1F)C2. The maximum atomic E-state index is 14.3. The van der Waals surface area contributed by atoms with Gasteiger partial charge in [0.1, 0.15) is 11.6 Å². The lowest BCUT2D eigenvalue weighted by Gasteiger charge is -2.36. The van der Waals surface area contributed by atoms with E-state index in [-0.39, 0.29) is 17.5 Å². The average Bonchev–Trinajstić information content (AvgIpc) is 2.79. The predicted molar refractivity (Wildman–Crippen MR) is 117 cm³/mol. The van der Waals surface area contributed by atoms with E-state index in [4.69, 9.17) is 4.98 Å². The topological polar surface area (TPSA) is 62.2 Å². The molecule has 0 amide bonds. The molecule has 3 aromatic rings. The molecule has 1 aliphatic carbocycles. The van der Waals surface area contributed by atoms with Gasteiger partial charge in [-0.15, -0.1) is 0 Å². The third-order valence-corrected chi connectivity index (χ3v) is 6.18. The van der Waals surface area contributed by atoms with E-state index in [0.717, 1.165) is 37.7 Å². The Kier molecular flexibility index (Phi) is 5.10. The van der Waals surface area contributed by atoms with Gasteiger partial charge in [0.25, 0.3) is 0 Å². The fraction of sp³-hybridized carbons (Fsp3) is 0.333. The van der Waals surface area contributed by atoms with Crippen molar-refractivity contribution in [1.29, 1.82) is 0 Å². The quantitative estimate of drug-likeness (QED) is 0.649. The molecule has 1 aliphatic heterocycles. The smallest absolute Gasteiger partial charge is 0.225 e. The van der Waals surface area contributed by atoms with E-state index in [1.165, 1.54) is 6.07 Å². The summed E-state index contributed by atoms with van der Waals surface area (Å²) in [6.07, 6.45) is 2.65. The number of hydrogen-bond acceptors (Lipinski definition) is 6. The Morgan fingerprint density at radius 1 is 0.935 bits per heavy atom. The van der Waals surface area contributed by atoms with Crippen LogP contribution in [-0.2, 0) is 6.42 Å². The molecule has 0 radical (unpaired) electrons. The highest BCUT2D eigenvalue weighted by Gasteiger charge is 2.32. The Bertz CT molecular complexity index is 1110. The zero-order valence-electron chi connectivity index (χ0n) is 17.5. The average molecular weight is 417 g/mol. The van der Waals surface area contributed by atoms with Gasteiger partial charge in [-0.25, -0.2) is 19.3 Å². The number of piperazine rings is 1. The molecule has 6 nitrogen and oxygen atoms in total. The van der Waals surface area contributed by atoms with Crippen LogP contribution in [0.2, 0.25) is 0 Å². The number of fused-ring (bicyclic) bond motifs is 1. The number of ketones is 1. The Balaban J connectivity index is 1.38. The molecule has 0 N–H and O–H groups in total. The number of pyridine rings is 1. The second-order valence-corrected chi connectivity index (χ2v) is 8.14. The van der Waals surface area contributed by atoms with Gasteiger partial charge in [-0.2, -0.15) is 0 Å². The molecule has 1 atom stereocenters. The van der Waals surface area contributed by atoms with Gasteiger partial charge >= 0.3 is 0 Å². The molecule has 0 bridgehead atoms. The first-order valence-electron chi connectivity index (χ1n) is 10.7. The molecular formula is C24H24FN5O. The van der Waals surface area contributed by atoms with Crippen molar-refractivity contribution in [3.63, 3.8) is 0 Å². The molecular weight excluding hydrogens is 393 g/mol. The number of nitrogens with zero attached hydrogens (tertiary/aromatic N) is 5. The van der Waals surface area contributed by atoms with E-state index in [9.17, 15) is 9.18 Å². The fourth-order valence-electron chi connectivity index (χ4n) is 4.60. The number of carbonyl (C=O) groups excluding carboxylic acids is 1. The first-order chi connectivity index (χ1) is 15.1. The van der Waals surface area contributed by atoms with Crippen molar-refractivity contribution in [2.24, 2.45) is 0 Å². The number of carbonyl (C=O) groups is 1. The molecule has 1 fully saturated rings. The molecule has 0 unspecified atom stereocenters. The van der Waals surface area contributed by atoms with Crippen molar-refractivity contribution < 1.29 is 9.18 Å². The van der Waals surface area contributed by atoms with E-state index in [2.05, 4.69) is 19.8 Å². The minimum atomic E-state index is -0.264. The first-order valence-corrected chi connectivity index (χ1v) is 10.7. The highest BCUT2D eigenvalue weighted by Crippen LogP contribution is 2.34. The summed E-state index contributed by atoms with van der Waals surface area (Å²) in [5, 5.41) is 0. The van der Waals surface area contributed by atoms with Crippen LogP contribution in [0.15, 0.2) is 48.7 Å². The Hall–Kier alpha value is -3.35. The molecule has 5 rings (SSSR count). The molecule has 0 spiro atoms. The normalized spacial score (nSPS) is 18.8. The standard InChI is InChI=1S/C24H24FN5O/c1-16-23-20(14-17(15-21(23)31)18-6-2-3-7-19(18)25)28-24(27-16)30-12-10-29(11-13-30)22-8-4-5-9-26-22/h2-9,17H,10-15H2,1H3/t17-/m0/s1. The van der Waals surface area contributed by atoms with Gasteiger partial charge in [-0.1, -0.05) is 24.3 Å². The van der Waals surface area contributed by atoms with Crippen LogP contribution in [0.1, 0.15) is 39.6 Å². The summed E-state index contributed by atoms with van der Waals surface area (Å²) in [4.78, 5) is 31.1. The van der Waals surface area contributed by atoms with Gasteiger partial charge in [0.05, 0.1) is 17.0 Å². The number of aryl methyl sites for hydroxylation is 1. The number of Topliss-reactive ketones (excluding diaryl/α,β-unsaturated/α-hetero) is 1. The van der Waals surface area contributed by atoms with E-state index in [1.807, 2.05) is 31.2 Å². The molecule has 31 heavy (non-hydrogen) atoms. The summed E-state index contributed by atoms with van der Waals surface area (Å²) >= 11 is 0. The lowest BCUT2D eigenvalue weighted by atomic mass is 9.81. The van der Waals surface area contributed by atoms with Crippen molar-refractivity contribution in [2.45, 2.75) is 25.7 Å². The number of benzene rings is 1. The third kappa shape index (κ3) is 3.76. The summed E-state index contributed by atoms with van der Waals surface area (Å²) < 4.78 is 14.3. The van der Waals surface area contributed by atoms with Crippen molar-refractivity contribution >= 4 is 17.5 Å². The third-order valence-electron chi connectivity index (χ3n) is 6.18. The Morgan fingerprint density at radius 2 is 1.68 bits per heavy atom. The van der Waals surface area contributed by atoms with Gasteiger partial charge in [0.15, 0.2) is 5.78 Å². The molecule has 2 aliphatic rings. The van der Waals surface area contributed by atoms with Crippen LogP contribution >= 0.6 is 0 Å². The first kappa shape index (κ1) is 19.6. The summed E-state index contributed by atoms with van der Waals surface area (Å²) in [5.74, 6) is 1.17. The lowest BCUT2D eigenvalue weighted by molar-refractivity contribution is 0.0961. The second kappa shape index (κ2) is 8.06. The van der Waals surface area contributed by atoms with E-state index in [1.54, 1.807) is 18.3 Å². The molecule has 158 valence electrons. The van der Waals surface area contributed by atoms with Crippen LogP contribution in [0.25, 0.3) is 0 Å². The predicted octanol–water partition coefficient (Wildman–Crippen LogP) is 3.56. The Morgan fingerprint density at radius 3 is 2.42 bits per heavy atom. The van der Waals surface area contributed by atoms with Gasteiger partial charge < -0.3 is 9.80 Å². The number of anilines is 2. The van der Waals surface area contributed by atoms with E-state index >= 15 is 0 Å². The zero-order valence-corrected chi connectivity index (χ0v) is 17.5. The van der Waals surface area contributed by atoms with Gasteiger partial charge in [0.2, 0.25) is 5.95 Å². The highest BCUT2D eigenvalue weighted by molar-refractivity contribution is 5.99. The monoisotopic (exact) mass is 417 g/mol. The van der Waals surface area contributed by atoms with Crippen molar-refractivity contribution in [3.05, 3.63) is 77.0 Å². The number of halogens is 1. The molecule has 0 saturated carbocycles. The van der Waals surface area contributed by atoms with Crippen molar-refractivity contribution in [3.8, 4) is 0 Å². The summed E-state index contributed by atoms with van der Waals surface area (Å²) in [6, 6.07) is 12.6. The second-order valence-electron chi connectivity index (χ2n) is 8.14. The molecule has 1 aromatic carbocycles. The molecule has 7 heteroatoms. The van der Waals surface area contributed by atoms with Gasteiger partial charge in [-0.3, -0.25) is 4.79 Å². The minimum absolute atomic E-state index is 0.00137. The Labute approximate surface area is 180 Å². The van der Waals surface area contributed by atoms with Crippen LogP contribution in [0.3, 0.4) is 0 Å². The van der Waals surface area contributed by atoms with E-state index in [0.29, 0.717) is 35.6 Å². The van der Waals surface area contributed by atoms with Gasteiger partial charge in [0, 0.05) is 38.8 Å². The fourth-order valence-corrected chi connectivity index (χ4v) is 4.60. The maximum Gasteiger partial charge on any atom is 0.225 e. The molecule has 2 aromatic heterocycles. The largest absolute Gasteiger partial charge is 0.353 e. The zero-order chi connectivity index (χ0) is 21.4. The molecule has 3 heterocycles. The number of hydrogen-bond donors (Lipinski definition) is 0. The van der Waals surface area contributed by atoms with Crippen molar-refractivity contribution in [2.75, 3.05) is 36.0 Å². The van der Waals surface area contributed by atoms with Crippen molar-refractivity contribution in [1.82, 2.24) is 15.0 Å². The van der Waals surface area contributed by atoms with Crippen LogP contribution < -0.4 is 9.80 Å². The summed E-state index contributed by atoms with van der Waals surface area (Å²) in [5.41, 5.74) is 2.65. The highest BCUT2D eigenvalue weighted by atomic mass is 19.1. The minimum Gasteiger partial charge on any atom is -0.353 e. The van der Waals surface area contributed by atoms with Gasteiger partial charge in [-0.05, 0) is 43.0 Å². The number of rotatable bonds is 3. The summed E-state index contributed by atoms with van der Waals surface area (Å²) in [7, 11) is 0. The maximum absolute atomic E-state index is 14.3. The summed E-state index contributed by atoms with van der Waals surface area (Å²) in [6.45, 7) is 5.08. The van der Waals surface area contributed by atoms with Crippen LogP contribution in [-0.4, -0.2) is 46.9 Å². The lowest BCUT2D eigenvalue weighted by Crippen LogP contribution is -2.47. The molecule has 1 saturated heterocycles. The van der Waals surface area contributed by atoms with Crippen LogP contribution in [0.4, 0.5) is 16.2 Å². The van der Waals surface area contributed by atoms with E-state index < -0.39 is 0 Å².